The topological polar surface area (TPSA) is 112 Å². The van der Waals surface area contributed by atoms with Gasteiger partial charge < -0.3 is 4.55 Å². The van der Waals surface area contributed by atoms with Crippen LogP contribution in [-0.2, 0) is 25.7 Å². The fraction of sp³-hybridized carbons (Fsp3) is 0.400. The highest BCUT2D eigenvalue weighted by Crippen LogP contribution is 2.55. The molecule has 0 aromatic heterocycles. The van der Waals surface area contributed by atoms with Gasteiger partial charge in [-0.05, 0) is 70.0 Å². The Morgan fingerprint density at radius 2 is 0.793 bits per heavy atom. The molecule has 0 atom stereocenters. The van der Waals surface area contributed by atoms with Gasteiger partial charge in [0.25, 0.3) is 0 Å². The maximum Gasteiger partial charge on any atom is 0.460 e. The van der Waals surface area contributed by atoms with Crippen LogP contribution in [0.1, 0.15) is 26.3 Å². The number of alkyl halides is 18. The van der Waals surface area contributed by atoms with Crippen LogP contribution >= 0.6 is 22.6 Å². The Morgan fingerprint density at radius 3 is 1.03 bits per heavy atom. The van der Waals surface area contributed by atoms with E-state index in [4.69, 9.17) is 4.55 Å². The summed E-state index contributed by atoms with van der Waals surface area (Å²) in [7, 11) is -14.6. The number of hydrogen-bond acceptors (Lipinski definition) is 5. The van der Waals surface area contributed by atoms with Crippen molar-refractivity contribution < 1.29 is 126 Å². The van der Waals surface area contributed by atoms with E-state index < -0.39 is 66.8 Å². The monoisotopic (exact) mass is 1140 g/mol. The molecule has 3 aromatic rings. The summed E-state index contributed by atoms with van der Waals surface area (Å²) in [5.74, 6) is -29.5. The summed E-state index contributed by atoms with van der Waals surface area (Å²) in [6.45, 7) is 6.69. The molecule has 1 N–H and O–H groups in total. The number of rotatable bonds is 8. The molecule has 58 heavy (non-hydrogen) atoms. The molecule has 0 spiro atoms. The lowest BCUT2D eigenvalue weighted by Gasteiger charge is -2.34. The Bertz CT molecular complexity index is 1860. The van der Waals surface area contributed by atoms with Crippen LogP contribution in [0.4, 0.5) is 79.0 Å². The van der Waals surface area contributed by atoms with Gasteiger partial charge in [0.05, 0.1) is 0 Å². The minimum atomic E-state index is -7.43. The van der Waals surface area contributed by atoms with Crippen LogP contribution in [0.2, 0.25) is 0 Å². The molecule has 0 bridgehead atoms. The molecule has 0 amide bonds. The lowest BCUT2D eigenvalue weighted by atomic mass is 9.87. The Kier molecular flexibility index (Phi) is 18.4. The van der Waals surface area contributed by atoms with Crippen LogP contribution in [-0.4, -0.2) is 72.5 Å². The molecule has 0 aliphatic rings. The third kappa shape index (κ3) is 13.3. The van der Waals surface area contributed by atoms with Crippen molar-refractivity contribution in [2.75, 3.05) is 0 Å². The van der Waals surface area contributed by atoms with Gasteiger partial charge in [0, 0.05) is 3.57 Å². The van der Waals surface area contributed by atoms with E-state index in [2.05, 4.69) is 128 Å². The predicted octanol–water partition coefficient (Wildman–Crippen LogP) is 7.66. The van der Waals surface area contributed by atoms with Gasteiger partial charge in [0.1, 0.15) is 0 Å². The average molecular weight is 1140 g/mol. The van der Waals surface area contributed by atoms with Crippen LogP contribution in [0.15, 0.2) is 84.9 Å². The minimum absolute atomic E-state index is 0.0287. The zero-order valence-electron chi connectivity index (χ0n) is 28.4. The van der Waals surface area contributed by atoms with Crippen LogP contribution in [0.25, 0.3) is 0 Å². The molecule has 0 fully saturated rings. The molecular formula is C30H24F18I2O6S2. The van der Waals surface area contributed by atoms with E-state index >= 15 is 0 Å². The van der Waals surface area contributed by atoms with E-state index in [1.54, 1.807) is 0 Å². The zero-order chi connectivity index (χ0) is 46.4. The van der Waals surface area contributed by atoms with E-state index in [-0.39, 0.29) is 26.6 Å². The van der Waals surface area contributed by atoms with E-state index in [0.29, 0.717) is 0 Å². The molecule has 0 heterocycles. The van der Waals surface area contributed by atoms with E-state index in [0.717, 1.165) is 0 Å². The van der Waals surface area contributed by atoms with Gasteiger partial charge in [-0.1, -0.05) is 69.3 Å². The lowest BCUT2D eigenvalue weighted by molar-refractivity contribution is -0.597. The molecule has 0 unspecified atom stereocenters. The molecule has 0 radical (unpaired) electrons. The van der Waals surface area contributed by atoms with Crippen molar-refractivity contribution in [3.63, 3.8) is 0 Å². The second-order valence-electron chi connectivity index (χ2n) is 11.7. The quantitative estimate of drug-likeness (QED) is 0.141. The van der Waals surface area contributed by atoms with Gasteiger partial charge in [0.2, 0.25) is 0 Å². The summed E-state index contributed by atoms with van der Waals surface area (Å²) in [5.41, 5.74) is 1.68. The SMILES string of the molecule is CC(C)(C)c1ccc(I)cc1.O=S(=O)(O)C(F)(F)C(F)(F)C(F)(F)C(F)(F)F.O=S(=O)([O-])C(F)(F)C(F)(F)C(F)(F)C(F)(F)F.c1ccc([I+]c2ccccc2)cc1. The van der Waals surface area contributed by atoms with E-state index in [9.17, 15) is 100 Å². The minimum Gasteiger partial charge on any atom is -0.743 e. The summed E-state index contributed by atoms with van der Waals surface area (Å²) in [6, 6.07) is 30.1. The molecule has 3 rings (SSSR count). The largest absolute Gasteiger partial charge is 0.743 e. The molecule has 0 aliphatic carbocycles. The molecule has 0 aliphatic heterocycles. The van der Waals surface area contributed by atoms with Crippen molar-refractivity contribution in [2.24, 2.45) is 0 Å². The van der Waals surface area contributed by atoms with E-state index in [1.807, 2.05) is 0 Å². The van der Waals surface area contributed by atoms with Crippen LogP contribution < -0.4 is 21.2 Å². The molecule has 332 valence electrons. The van der Waals surface area contributed by atoms with Crippen molar-refractivity contribution in [3.05, 3.63) is 101 Å². The zero-order valence-corrected chi connectivity index (χ0v) is 34.4. The molecular weight excluding hydrogens is 1120 g/mol. The highest BCUT2D eigenvalue weighted by atomic mass is 127. The van der Waals surface area contributed by atoms with Gasteiger partial charge in [-0.25, -0.2) is 8.42 Å². The third-order valence-corrected chi connectivity index (χ3v) is 11.5. The molecule has 3 aromatic carbocycles. The molecule has 0 saturated carbocycles. The molecule has 28 heteroatoms. The smallest absolute Gasteiger partial charge is 0.460 e. The summed E-state index contributed by atoms with van der Waals surface area (Å²) in [4.78, 5) is 0. The number of halogens is 20. The third-order valence-electron chi connectivity index (χ3n) is 6.26. The fourth-order valence-corrected chi connectivity index (χ4v) is 6.59. The highest BCUT2D eigenvalue weighted by molar-refractivity contribution is 14.1. The highest BCUT2D eigenvalue weighted by Gasteiger charge is 2.86. The maximum absolute atomic E-state index is 12.2. The summed E-state index contributed by atoms with van der Waals surface area (Å²) in [6.07, 6.45) is -14.3. The van der Waals surface area contributed by atoms with Gasteiger partial charge in [0.15, 0.2) is 17.3 Å². The van der Waals surface area contributed by atoms with Crippen molar-refractivity contribution in [2.45, 2.75) is 72.7 Å². The Balaban J connectivity index is 0.000000756. The van der Waals surface area contributed by atoms with Crippen molar-refractivity contribution in [1.82, 2.24) is 0 Å². The maximum atomic E-state index is 12.2. The predicted molar refractivity (Wildman–Crippen MR) is 171 cm³/mol. The van der Waals surface area contributed by atoms with Gasteiger partial charge in [-0.2, -0.15) is 87.4 Å². The standard InChI is InChI=1S/C12H10I.C10H13I.2C4HF9O3S/c1-3-7-11(8-4-1)13-12-9-5-2-6-10-12;1-10(2,3)8-4-6-9(11)7-5-8;2*5-1(6,3(9,10)11)2(7,8)4(12,13)17(14,15)16/h1-10H;4-7H,1-3H3;2*(H,14,15,16)/q+1;;;/p-1. The lowest BCUT2D eigenvalue weighted by Crippen LogP contribution is -3.61. The number of benzene rings is 3. The van der Waals surface area contributed by atoms with Crippen LogP contribution in [0, 0.1) is 10.7 Å². The first kappa shape index (κ1) is 55.7. The first-order valence-electron chi connectivity index (χ1n) is 14.3. The van der Waals surface area contributed by atoms with Crippen molar-refractivity contribution in [1.29, 1.82) is 0 Å². The normalized spacial score (nSPS) is 13.9. The van der Waals surface area contributed by atoms with Gasteiger partial charge in [-0.15, -0.1) is 0 Å². The first-order valence-corrected chi connectivity index (χ1v) is 20.4. The van der Waals surface area contributed by atoms with Crippen molar-refractivity contribution in [3.8, 4) is 0 Å². The average Bonchev–Trinajstić information content (AvgIpc) is 3.04. The number of hydrogen-bond donors (Lipinski definition) is 1. The summed E-state index contributed by atoms with van der Waals surface area (Å²) in [5, 5.41) is -14.1. The first-order chi connectivity index (χ1) is 25.4. The Hall–Kier alpha value is -2.32. The molecule has 0 saturated heterocycles. The Morgan fingerprint density at radius 1 is 0.500 bits per heavy atom. The van der Waals surface area contributed by atoms with Crippen LogP contribution in [0.3, 0.4) is 0 Å². The van der Waals surface area contributed by atoms with Gasteiger partial charge >= 0.3 is 77.9 Å². The summed E-state index contributed by atoms with van der Waals surface area (Å²) < 4.78 is 274. The molecule has 6 nitrogen and oxygen atoms in total. The second-order valence-corrected chi connectivity index (χ2v) is 18.9. The van der Waals surface area contributed by atoms with Crippen molar-refractivity contribution >= 4 is 42.8 Å². The van der Waals surface area contributed by atoms with E-state index in [1.165, 1.54) is 16.3 Å². The Labute approximate surface area is 341 Å². The van der Waals surface area contributed by atoms with Crippen LogP contribution in [0.5, 0.6) is 0 Å². The van der Waals surface area contributed by atoms with Gasteiger partial charge in [-0.3, -0.25) is 4.55 Å². The summed E-state index contributed by atoms with van der Waals surface area (Å²) >= 11 is 2.35. The fourth-order valence-electron chi connectivity index (χ4n) is 3.07. The second kappa shape index (κ2) is 19.2.